The average molecular weight is 609 g/mol. The average Bonchev–Trinajstić information content (AvgIpc) is 3.46. The van der Waals surface area contributed by atoms with Gasteiger partial charge in [-0.25, -0.2) is 11.6 Å². The van der Waals surface area contributed by atoms with Crippen LogP contribution in [0.5, 0.6) is 5.88 Å². The second-order valence-electron chi connectivity index (χ2n) is 12.0. The van der Waals surface area contributed by atoms with Crippen molar-refractivity contribution in [3.05, 3.63) is 76.1 Å². The summed E-state index contributed by atoms with van der Waals surface area (Å²) in [6.45, 7) is 14.1. The third-order valence-electron chi connectivity index (χ3n) is 9.45. The molecule has 0 N–H and O–H groups in total. The Hall–Kier alpha value is -4.11. The van der Waals surface area contributed by atoms with Crippen LogP contribution in [0.4, 0.5) is 5.69 Å². The summed E-state index contributed by atoms with van der Waals surface area (Å²) in [4.78, 5) is 27.3. The third-order valence-corrected chi connectivity index (χ3v) is 9.77. The lowest BCUT2D eigenvalue weighted by atomic mass is 9.85. The Labute approximate surface area is 264 Å². The second-order valence-corrected chi connectivity index (χ2v) is 12.4. The summed E-state index contributed by atoms with van der Waals surface area (Å²) in [6, 6.07) is 12.7. The minimum atomic E-state index is -0.344. The summed E-state index contributed by atoms with van der Waals surface area (Å²) >= 11 is 7.08. The highest BCUT2D eigenvalue weighted by molar-refractivity contribution is 6.34. The number of hydrogen-bond acceptors (Lipinski definition) is 6. The van der Waals surface area contributed by atoms with Gasteiger partial charge in [-0.3, -0.25) is 4.79 Å². The number of likely N-dealkylation sites (N-methyl/N-ethyl adjacent to an activating group) is 1. The number of benzene rings is 2. The topological polar surface area (TPSA) is 77.1 Å². The van der Waals surface area contributed by atoms with Crippen molar-refractivity contribution in [2.24, 2.45) is 0 Å². The number of piperazine rings is 1. The van der Waals surface area contributed by atoms with Gasteiger partial charge in [0.05, 0.1) is 11.2 Å². The van der Waals surface area contributed by atoms with Crippen molar-refractivity contribution in [1.82, 2.24) is 14.8 Å². The lowest BCUT2D eigenvalue weighted by molar-refractivity contribution is -0.128. The molecule has 0 unspecified atom stereocenters. The first kappa shape index (κ1) is 29.9. The van der Waals surface area contributed by atoms with E-state index < -0.39 is 0 Å². The van der Waals surface area contributed by atoms with E-state index in [9.17, 15) is 10.1 Å². The SMILES string of the molecule is [C-]#[N+]C[C@H]1CN(c2c(C#N)c(OC[C@@H]3CCCN3C)nc3cc(-c4cccc5c4CCCC5)c(Cl)cc23)CCN1C(=O)C=C. The highest BCUT2D eigenvalue weighted by Gasteiger charge is 2.34. The molecule has 8 nitrogen and oxygen atoms in total. The molecule has 0 bridgehead atoms. The molecule has 9 heteroatoms. The molecule has 3 heterocycles. The first-order valence-corrected chi connectivity index (χ1v) is 15.8. The van der Waals surface area contributed by atoms with E-state index in [1.807, 2.05) is 12.1 Å². The molecule has 2 fully saturated rings. The molecule has 3 aliphatic rings. The fraction of sp³-hybridized carbons (Fsp3) is 0.429. The van der Waals surface area contributed by atoms with Crippen LogP contribution in [0.15, 0.2) is 43.0 Å². The largest absolute Gasteiger partial charge is 0.475 e. The molecule has 6 rings (SSSR count). The Bertz CT molecular complexity index is 1690. The zero-order valence-electron chi connectivity index (χ0n) is 25.2. The number of nitriles is 1. The minimum absolute atomic E-state index is 0.155. The predicted molar refractivity (Wildman–Crippen MR) is 174 cm³/mol. The number of nitrogens with zero attached hydrogens (tertiary/aromatic N) is 6. The predicted octanol–water partition coefficient (Wildman–Crippen LogP) is 5.90. The summed E-state index contributed by atoms with van der Waals surface area (Å²) in [5.74, 6) is 0.118. The zero-order valence-corrected chi connectivity index (χ0v) is 25.9. The van der Waals surface area contributed by atoms with Crippen molar-refractivity contribution < 1.29 is 9.53 Å². The fourth-order valence-electron chi connectivity index (χ4n) is 7.11. The van der Waals surface area contributed by atoms with E-state index in [1.54, 1.807) is 4.90 Å². The number of amides is 1. The Morgan fingerprint density at radius 2 is 2.05 bits per heavy atom. The molecule has 2 aromatic carbocycles. The van der Waals surface area contributed by atoms with Crippen LogP contribution in [0.2, 0.25) is 5.02 Å². The van der Waals surface area contributed by atoms with Crippen LogP contribution < -0.4 is 9.64 Å². The lowest BCUT2D eigenvalue weighted by Gasteiger charge is -2.40. The van der Waals surface area contributed by atoms with Gasteiger partial charge < -0.3 is 24.3 Å². The van der Waals surface area contributed by atoms with Crippen LogP contribution in [0.3, 0.4) is 0 Å². The molecule has 44 heavy (non-hydrogen) atoms. The monoisotopic (exact) mass is 608 g/mol. The quantitative estimate of drug-likeness (QED) is 0.245. The lowest BCUT2D eigenvalue weighted by Crippen LogP contribution is -2.56. The maximum Gasteiger partial charge on any atom is 0.246 e. The Balaban J connectivity index is 1.49. The molecule has 3 aromatic rings. The van der Waals surface area contributed by atoms with E-state index in [4.69, 9.17) is 27.9 Å². The maximum atomic E-state index is 12.6. The smallest absolute Gasteiger partial charge is 0.246 e. The van der Waals surface area contributed by atoms with E-state index in [0.717, 1.165) is 55.2 Å². The van der Waals surface area contributed by atoms with Crippen molar-refractivity contribution in [3.8, 4) is 23.1 Å². The summed E-state index contributed by atoms with van der Waals surface area (Å²) in [5.41, 5.74) is 6.52. The van der Waals surface area contributed by atoms with Crippen molar-refractivity contribution in [3.63, 3.8) is 0 Å². The van der Waals surface area contributed by atoms with Gasteiger partial charge in [0.1, 0.15) is 24.3 Å². The molecule has 2 saturated heterocycles. The minimum Gasteiger partial charge on any atom is -0.475 e. The molecule has 0 radical (unpaired) electrons. The number of halogens is 1. The standard InChI is InChI=1S/C35H37ClN6O2/c1-4-33(43)42-16-15-41(21-25(42)20-38-2)34-29-17-31(36)28(27-13-7-10-23-9-5-6-12-26(23)27)18-32(29)39-35(30(34)19-37)44-22-24-11-8-14-40(24)3/h4,7,10,13,17-18,24-25H,1,5-6,8-9,11-12,14-16,20-22H2,3H3/t24-,25-/m0/s1. The van der Waals surface area contributed by atoms with Crippen molar-refractivity contribution >= 4 is 34.1 Å². The van der Waals surface area contributed by atoms with Gasteiger partial charge in [0.15, 0.2) is 0 Å². The molecule has 0 saturated carbocycles. The summed E-state index contributed by atoms with van der Waals surface area (Å²) in [6.07, 6.45) is 7.89. The normalized spacial score (nSPS) is 20.2. The highest BCUT2D eigenvalue weighted by atomic mass is 35.5. The molecular weight excluding hydrogens is 572 g/mol. The van der Waals surface area contributed by atoms with Gasteiger partial charge in [-0.15, -0.1) is 0 Å². The number of carbonyl (C=O) groups is 1. The van der Waals surface area contributed by atoms with Crippen LogP contribution in [-0.2, 0) is 17.6 Å². The number of anilines is 1. The molecule has 2 aliphatic heterocycles. The number of ether oxygens (including phenoxy) is 1. The Morgan fingerprint density at radius 1 is 1.20 bits per heavy atom. The maximum absolute atomic E-state index is 12.6. The highest BCUT2D eigenvalue weighted by Crippen LogP contribution is 2.42. The van der Waals surface area contributed by atoms with Crippen LogP contribution in [0.1, 0.15) is 42.4 Å². The first-order chi connectivity index (χ1) is 21.4. The van der Waals surface area contributed by atoms with Crippen LogP contribution in [0, 0.1) is 17.9 Å². The number of carbonyl (C=O) groups excluding carboxylic acids is 1. The van der Waals surface area contributed by atoms with E-state index in [1.165, 1.54) is 23.6 Å². The number of aromatic nitrogens is 1. The van der Waals surface area contributed by atoms with Crippen molar-refractivity contribution in [2.75, 3.05) is 51.3 Å². The van der Waals surface area contributed by atoms with E-state index in [2.05, 4.69) is 52.5 Å². The van der Waals surface area contributed by atoms with E-state index >= 15 is 0 Å². The number of hydrogen-bond donors (Lipinski definition) is 0. The van der Waals surface area contributed by atoms with Gasteiger partial charge in [-0.05, 0) is 87.0 Å². The molecule has 1 aromatic heterocycles. The number of aryl methyl sites for hydroxylation is 1. The van der Waals surface area contributed by atoms with Gasteiger partial charge >= 0.3 is 0 Å². The summed E-state index contributed by atoms with van der Waals surface area (Å²) in [7, 11) is 2.10. The van der Waals surface area contributed by atoms with Gasteiger partial charge in [0.2, 0.25) is 18.3 Å². The summed E-state index contributed by atoms with van der Waals surface area (Å²) < 4.78 is 6.38. The molecule has 1 amide bonds. The van der Waals surface area contributed by atoms with Gasteiger partial charge in [-0.1, -0.05) is 36.4 Å². The number of pyridine rings is 1. The van der Waals surface area contributed by atoms with Gasteiger partial charge in [-0.2, -0.15) is 5.26 Å². The van der Waals surface area contributed by atoms with Crippen LogP contribution >= 0.6 is 11.6 Å². The molecular formula is C35H37ClN6O2. The Morgan fingerprint density at radius 3 is 2.80 bits per heavy atom. The van der Waals surface area contributed by atoms with Gasteiger partial charge in [0.25, 0.3) is 0 Å². The fourth-order valence-corrected chi connectivity index (χ4v) is 7.38. The zero-order chi connectivity index (χ0) is 30.8. The van der Waals surface area contributed by atoms with Crippen LogP contribution in [-0.4, -0.2) is 79.2 Å². The number of rotatable bonds is 7. The van der Waals surface area contributed by atoms with E-state index in [-0.39, 0.29) is 24.5 Å². The second kappa shape index (κ2) is 12.9. The first-order valence-electron chi connectivity index (χ1n) is 15.5. The van der Waals surface area contributed by atoms with Crippen molar-refractivity contribution in [2.45, 2.75) is 50.6 Å². The molecule has 2 atom stereocenters. The van der Waals surface area contributed by atoms with Gasteiger partial charge in [0, 0.05) is 41.6 Å². The molecule has 0 spiro atoms. The van der Waals surface area contributed by atoms with Crippen molar-refractivity contribution in [1.29, 1.82) is 5.26 Å². The van der Waals surface area contributed by atoms with Crippen LogP contribution in [0.25, 0.3) is 26.9 Å². The Kier molecular flexibility index (Phi) is 8.75. The number of fused-ring (bicyclic) bond motifs is 2. The summed E-state index contributed by atoms with van der Waals surface area (Å²) in [5, 5.41) is 11.9. The molecule has 226 valence electrons. The third kappa shape index (κ3) is 5.61. The number of likely N-dealkylation sites (tertiary alicyclic amines) is 1. The molecule has 1 aliphatic carbocycles. The van der Waals surface area contributed by atoms with E-state index in [0.29, 0.717) is 53.9 Å².